The van der Waals surface area contributed by atoms with Gasteiger partial charge in [0.1, 0.15) is 34.5 Å². The van der Waals surface area contributed by atoms with E-state index in [-0.39, 0.29) is 30.8 Å². The van der Waals surface area contributed by atoms with Crippen molar-refractivity contribution in [3.63, 3.8) is 0 Å². The van der Waals surface area contributed by atoms with Gasteiger partial charge in [-0.05, 0) is 116 Å². The molecule has 0 spiro atoms. The summed E-state index contributed by atoms with van der Waals surface area (Å²) in [4.78, 5) is 50.5. The first-order valence-corrected chi connectivity index (χ1v) is 28.3. The molecule has 0 amide bonds. The van der Waals surface area contributed by atoms with Crippen molar-refractivity contribution in [2.24, 2.45) is 0 Å². The van der Waals surface area contributed by atoms with Crippen molar-refractivity contribution in [2.45, 2.75) is 213 Å². The molecular weight excluding hydrogens is 917 g/mol. The summed E-state index contributed by atoms with van der Waals surface area (Å²) in [5, 5.41) is 0. The minimum atomic E-state index is -0.516. The largest absolute Gasteiger partial charge is 0.494 e. The van der Waals surface area contributed by atoms with Gasteiger partial charge in [-0.15, -0.1) is 0 Å². The van der Waals surface area contributed by atoms with Crippen LogP contribution in [0, 0.1) is 0 Å². The van der Waals surface area contributed by atoms with Crippen LogP contribution >= 0.6 is 0 Å². The van der Waals surface area contributed by atoms with E-state index in [9.17, 15) is 19.2 Å². The number of carbonyl (C=O) groups is 4. The van der Waals surface area contributed by atoms with Crippen LogP contribution in [0.4, 0.5) is 0 Å². The summed E-state index contributed by atoms with van der Waals surface area (Å²) in [5.74, 6) is 0.551. The van der Waals surface area contributed by atoms with Crippen LogP contribution in [0.1, 0.15) is 234 Å². The lowest BCUT2D eigenvalue weighted by Crippen LogP contribution is -2.12. The third-order valence-electron chi connectivity index (χ3n) is 13.0. The average Bonchev–Trinajstić information content (AvgIpc) is 3.40. The third kappa shape index (κ3) is 28.4. The molecule has 73 heavy (non-hydrogen) atoms. The molecule has 0 unspecified atom stereocenters. The lowest BCUT2D eigenvalue weighted by molar-refractivity contribution is -0.136. The summed E-state index contributed by atoms with van der Waals surface area (Å²) >= 11 is 0. The SMILES string of the molecule is CCCCCCCCCCCCCCCCOc1ccc(C(=O)Oc2ccc(OC(=O)CCCC(=O)Oc3ccc(OC(=O)c4ccc(OCCCCCCCCCCCCCCCC)cc4)cc3)cc2)cc1. The van der Waals surface area contributed by atoms with E-state index in [4.69, 9.17) is 28.4 Å². The first-order chi connectivity index (χ1) is 35.8. The third-order valence-corrected chi connectivity index (χ3v) is 13.0. The van der Waals surface area contributed by atoms with E-state index in [0.29, 0.717) is 35.8 Å². The topological polar surface area (TPSA) is 124 Å². The van der Waals surface area contributed by atoms with Crippen LogP contribution in [0.25, 0.3) is 0 Å². The van der Waals surface area contributed by atoms with Gasteiger partial charge in [0.2, 0.25) is 0 Å². The number of benzene rings is 4. The summed E-state index contributed by atoms with van der Waals surface area (Å²) < 4.78 is 33.6. The highest BCUT2D eigenvalue weighted by Gasteiger charge is 2.14. The van der Waals surface area contributed by atoms with Gasteiger partial charge in [0, 0.05) is 12.8 Å². The van der Waals surface area contributed by atoms with Crippen LogP contribution in [-0.2, 0) is 9.59 Å². The molecule has 0 fully saturated rings. The molecule has 0 N–H and O–H groups in total. The van der Waals surface area contributed by atoms with E-state index in [2.05, 4.69) is 13.8 Å². The van der Waals surface area contributed by atoms with Crippen molar-refractivity contribution >= 4 is 23.9 Å². The number of esters is 4. The Morgan fingerprint density at radius 3 is 0.781 bits per heavy atom. The summed E-state index contributed by atoms with van der Waals surface area (Å²) in [6.07, 6.45) is 37.0. The summed E-state index contributed by atoms with van der Waals surface area (Å²) in [6.45, 7) is 5.83. The molecular formula is C63H88O10. The molecule has 4 aromatic rings. The number of carbonyl (C=O) groups excluding carboxylic acids is 4. The predicted molar refractivity (Wildman–Crippen MR) is 292 cm³/mol. The Kier molecular flexibility index (Phi) is 31.9. The molecule has 0 aliphatic carbocycles. The van der Waals surface area contributed by atoms with Gasteiger partial charge in [0.25, 0.3) is 0 Å². The van der Waals surface area contributed by atoms with Gasteiger partial charge in [-0.3, -0.25) is 9.59 Å². The van der Waals surface area contributed by atoms with Crippen LogP contribution in [0.5, 0.6) is 34.5 Å². The molecule has 4 rings (SSSR count). The molecule has 0 atom stereocenters. The van der Waals surface area contributed by atoms with E-state index >= 15 is 0 Å². The second-order valence-corrected chi connectivity index (χ2v) is 19.5. The fraction of sp³-hybridized carbons (Fsp3) is 0.556. The van der Waals surface area contributed by atoms with Crippen molar-refractivity contribution in [2.75, 3.05) is 13.2 Å². The van der Waals surface area contributed by atoms with Crippen molar-refractivity contribution in [3.8, 4) is 34.5 Å². The average molecular weight is 1010 g/mol. The van der Waals surface area contributed by atoms with Crippen molar-refractivity contribution in [1.29, 1.82) is 0 Å². The van der Waals surface area contributed by atoms with E-state index in [1.807, 2.05) is 0 Å². The van der Waals surface area contributed by atoms with Gasteiger partial charge in [-0.2, -0.15) is 0 Å². The van der Waals surface area contributed by atoms with Crippen molar-refractivity contribution < 1.29 is 47.6 Å². The lowest BCUT2D eigenvalue weighted by atomic mass is 10.0. The smallest absolute Gasteiger partial charge is 0.343 e. The fourth-order valence-electron chi connectivity index (χ4n) is 8.57. The highest BCUT2D eigenvalue weighted by atomic mass is 16.6. The van der Waals surface area contributed by atoms with Gasteiger partial charge in [-0.1, -0.05) is 181 Å². The van der Waals surface area contributed by atoms with E-state index in [0.717, 1.165) is 37.2 Å². The van der Waals surface area contributed by atoms with Gasteiger partial charge in [-0.25, -0.2) is 9.59 Å². The van der Waals surface area contributed by atoms with Gasteiger partial charge in [0.05, 0.1) is 24.3 Å². The Labute approximate surface area is 438 Å². The highest BCUT2D eigenvalue weighted by molar-refractivity contribution is 5.91. The predicted octanol–water partition coefficient (Wildman–Crippen LogP) is 17.5. The Balaban J connectivity index is 0.991. The number of hydrogen-bond acceptors (Lipinski definition) is 10. The zero-order valence-electron chi connectivity index (χ0n) is 44.7. The first kappa shape index (κ1) is 59.9. The van der Waals surface area contributed by atoms with Crippen LogP contribution in [-0.4, -0.2) is 37.1 Å². The zero-order chi connectivity index (χ0) is 51.8. The van der Waals surface area contributed by atoms with E-state index in [1.165, 1.54) is 178 Å². The van der Waals surface area contributed by atoms with E-state index < -0.39 is 23.9 Å². The van der Waals surface area contributed by atoms with Gasteiger partial charge < -0.3 is 28.4 Å². The second kappa shape index (κ2) is 38.9. The standard InChI is InChI=1S/C63H88O10/c1-3-5-7-9-11-13-15-17-19-21-23-25-27-29-50-68-54-38-34-52(35-39-54)62(66)72-58-46-42-56(43-47-58)70-60(64)32-31-33-61(65)71-57-44-48-59(49-45-57)73-63(67)53-36-40-55(41-37-53)69-51-30-28-26-24-22-20-18-16-14-12-10-8-6-4-2/h34-49H,3-33,50-51H2,1-2H3. The maximum Gasteiger partial charge on any atom is 0.343 e. The fourth-order valence-corrected chi connectivity index (χ4v) is 8.57. The number of rotatable bonds is 42. The molecule has 0 bridgehead atoms. The first-order valence-electron chi connectivity index (χ1n) is 28.3. The van der Waals surface area contributed by atoms with Crippen LogP contribution in [0.3, 0.4) is 0 Å². The van der Waals surface area contributed by atoms with Crippen LogP contribution < -0.4 is 28.4 Å². The molecule has 0 saturated heterocycles. The molecule has 0 aliphatic rings. The summed E-state index contributed by atoms with van der Waals surface area (Å²) in [5.41, 5.74) is 0.785. The molecule has 0 heterocycles. The molecule has 400 valence electrons. The Morgan fingerprint density at radius 1 is 0.274 bits per heavy atom. The minimum absolute atomic E-state index is 0.00745. The molecule has 10 nitrogen and oxygen atoms in total. The number of hydrogen-bond donors (Lipinski definition) is 0. The minimum Gasteiger partial charge on any atom is -0.494 e. The van der Waals surface area contributed by atoms with Crippen molar-refractivity contribution in [1.82, 2.24) is 0 Å². The molecule has 0 saturated carbocycles. The second-order valence-electron chi connectivity index (χ2n) is 19.5. The van der Waals surface area contributed by atoms with Crippen LogP contribution in [0.2, 0.25) is 0 Å². The number of ether oxygens (including phenoxy) is 6. The quantitative estimate of drug-likeness (QED) is 0.0241. The van der Waals surface area contributed by atoms with Crippen LogP contribution in [0.15, 0.2) is 97.1 Å². The highest BCUT2D eigenvalue weighted by Crippen LogP contribution is 2.24. The summed E-state index contributed by atoms with van der Waals surface area (Å²) in [7, 11) is 0. The Bertz CT molecular complexity index is 1910. The maximum atomic E-state index is 12.8. The molecule has 0 radical (unpaired) electrons. The maximum absolute atomic E-state index is 12.8. The lowest BCUT2D eigenvalue weighted by Gasteiger charge is -2.09. The van der Waals surface area contributed by atoms with Gasteiger partial charge >= 0.3 is 23.9 Å². The molecule has 10 heteroatoms. The molecule has 0 aliphatic heterocycles. The normalized spacial score (nSPS) is 11.0. The monoisotopic (exact) mass is 1000 g/mol. The molecule has 0 aromatic heterocycles. The molecule has 4 aromatic carbocycles. The zero-order valence-corrected chi connectivity index (χ0v) is 44.7. The number of unbranched alkanes of at least 4 members (excludes halogenated alkanes) is 26. The van der Waals surface area contributed by atoms with Gasteiger partial charge in [0.15, 0.2) is 0 Å². The van der Waals surface area contributed by atoms with Crippen molar-refractivity contribution in [3.05, 3.63) is 108 Å². The Morgan fingerprint density at radius 2 is 0.507 bits per heavy atom. The van der Waals surface area contributed by atoms with E-state index in [1.54, 1.807) is 72.8 Å². The summed E-state index contributed by atoms with van der Waals surface area (Å²) in [6, 6.07) is 26.2. The Hall–Kier alpha value is -5.64.